The molecule has 5 N–H and O–H groups in total. The number of anilines is 2. The summed E-state index contributed by atoms with van der Waals surface area (Å²) in [5.74, 6) is 0.270. The molecule has 19 heavy (non-hydrogen) atoms. The molecule has 1 aromatic carbocycles. The third kappa shape index (κ3) is 3.19. The predicted molar refractivity (Wildman–Crippen MR) is 79.0 cm³/mol. The van der Waals surface area contributed by atoms with Crippen molar-refractivity contribution in [2.24, 2.45) is 11.7 Å². The highest BCUT2D eigenvalue weighted by atomic mass is 16.1. The summed E-state index contributed by atoms with van der Waals surface area (Å²) in [7, 11) is 0. The zero-order chi connectivity index (χ0) is 13.8. The van der Waals surface area contributed by atoms with E-state index < -0.39 is 5.91 Å². The maximum Gasteiger partial charge on any atom is 0.248 e. The lowest BCUT2D eigenvalue weighted by molar-refractivity contribution is 0.100. The number of carbonyl (C=O) groups excluding carboxylic acids is 1. The van der Waals surface area contributed by atoms with Crippen LogP contribution in [0.15, 0.2) is 18.2 Å². The molecule has 1 saturated carbocycles. The second-order valence-corrected chi connectivity index (χ2v) is 5.37. The monoisotopic (exact) mass is 261 g/mol. The van der Waals surface area contributed by atoms with E-state index in [4.69, 9.17) is 11.5 Å². The van der Waals surface area contributed by atoms with Crippen LogP contribution in [0, 0.1) is 5.92 Å². The van der Waals surface area contributed by atoms with E-state index in [2.05, 4.69) is 12.2 Å². The molecular weight excluding hydrogens is 238 g/mol. The van der Waals surface area contributed by atoms with Crippen molar-refractivity contribution in [3.8, 4) is 0 Å². The quantitative estimate of drug-likeness (QED) is 0.729. The maximum absolute atomic E-state index is 11.1. The first-order chi connectivity index (χ1) is 9.11. The standard InChI is InChI=1S/C15H23N3O/c1-2-10-5-3-4-6-13(10)18-14-8-7-11(15(17)19)9-12(14)16/h7-10,13,18H,2-6,16H2,1H3,(H2,17,19). The molecular formula is C15H23N3O. The highest BCUT2D eigenvalue weighted by Gasteiger charge is 2.23. The molecule has 0 saturated heterocycles. The lowest BCUT2D eigenvalue weighted by Gasteiger charge is -2.32. The van der Waals surface area contributed by atoms with Crippen LogP contribution in [0.5, 0.6) is 0 Å². The Bertz CT molecular complexity index is 459. The Morgan fingerprint density at radius 2 is 2.11 bits per heavy atom. The summed E-state index contributed by atoms with van der Waals surface area (Å²) >= 11 is 0. The number of nitrogens with one attached hydrogen (secondary N) is 1. The first-order valence-electron chi connectivity index (χ1n) is 7.07. The Balaban J connectivity index is 2.11. The molecule has 0 aromatic heterocycles. The van der Waals surface area contributed by atoms with E-state index in [9.17, 15) is 4.79 Å². The molecule has 2 rings (SSSR count). The van der Waals surface area contributed by atoms with Gasteiger partial charge in [0, 0.05) is 11.6 Å². The van der Waals surface area contributed by atoms with Crippen LogP contribution in [0.1, 0.15) is 49.4 Å². The molecule has 4 nitrogen and oxygen atoms in total. The number of primary amides is 1. The van der Waals surface area contributed by atoms with Crippen LogP contribution >= 0.6 is 0 Å². The lowest BCUT2D eigenvalue weighted by Crippen LogP contribution is -2.32. The summed E-state index contributed by atoms with van der Waals surface area (Å²) in [4.78, 5) is 11.1. The normalized spacial score (nSPS) is 23.0. The molecule has 1 fully saturated rings. The summed E-state index contributed by atoms with van der Waals surface area (Å²) in [5, 5.41) is 3.54. The third-order valence-corrected chi connectivity index (χ3v) is 4.11. The maximum atomic E-state index is 11.1. The van der Waals surface area contributed by atoms with Crippen molar-refractivity contribution in [3.63, 3.8) is 0 Å². The molecule has 1 aromatic rings. The molecule has 0 bridgehead atoms. The van der Waals surface area contributed by atoms with Gasteiger partial charge in [-0.25, -0.2) is 0 Å². The van der Waals surface area contributed by atoms with Gasteiger partial charge in [0.05, 0.1) is 11.4 Å². The molecule has 1 aliphatic carbocycles. The van der Waals surface area contributed by atoms with Crippen LogP contribution in [-0.2, 0) is 0 Å². The molecule has 2 unspecified atom stereocenters. The third-order valence-electron chi connectivity index (χ3n) is 4.11. The average Bonchev–Trinajstić information content (AvgIpc) is 2.41. The number of hydrogen-bond donors (Lipinski definition) is 3. The van der Waals surface area contributed by atoms with Crippen LogP contribution in [0.3, 0.4) is 0 Å². The summed E-state index contributed by atoms with van der Waals surface area (Å²) in [5.41, 5.74) is 13.2. The van der Waals surface area contributed by atoms with Gasteiger partial charge >= 0.3 is 0 Å². The highest BCUT2D eigenvalue weighted by molar-refractivity contribution is 5.94. The SMILES string of the molecule is CCC1CCCCC1Nc1ccc(C(N)=O)cc1N. The van der Waals surface area contributed by atoms with Gasteiger partial charge in [0.25, 0.3) is 0 Å². The number of nitrogens with two attached hydrogens (primary N) is 2. The van der Waals surface area contributed by atoms with Crippen molar-refractivity contribution < 1.29 is 4.79 Å². The topological polar surface area (TPSA) is 81.1 Å². The minimum absolute atomic E-state index is 0.442. The first kappa shape index (κ1) is 13.7. The fourth-order valence-corrected chi connectivity index (χ4v) is 2.93. The Hall–Kier alpha value is -1.71. The van der Waals surface area contributed by atoms with Gasteiger partial charge in [0.2, 0.25) is 5.91 Å². The number of amides is 1. The Morgan fingerprint density at radius 3 is 2.74 bits per heavy atom. The van der Waals surface area contributed by atoms with Gasteiger partial charge in [0.1, 0.15) is 0 Å². The van der Waals surface area contributed by atoms with Crippen molar-refractivity contribution >= 4 is 17.3 Å². The Kier molecular flexibility index (Phi) is 4.30. The van der Waals surface area contributed by atoms with Crippen LogP contribution in [0.4, 0.5) is 11.4 Å². The van der Waals surface area contributed by atoms with E-state index in [1.807, 2.05) is 6.07 Å². The number of carbonyl (C=O) groups is 1. The molecule has 0 heterocycles. The summed E-state index contributed by atoms with van der Waals surface area (Å²) in [6, 6.07) is 5.72. The number of hydrogen-bond acceptors (Lipinski definition) is 3. The Labute approximate surface area is 114 Å². The van der Waals surface area contributed by atoms with E-state index in [-0.39, 0.29) is 0 Å². The zero-order valence-corrected chi connectivity index (χ0v) is 11.5. The van der Waals surface area contributed by atoms with Gasteiger partial charge in [-0.15, -0.1) is 0 Å². The largest absolute Gasteiger partial charge is 0.397 e. The van der Waals surface area contributed by atoms with Gasteiger partial charge in [0.15, 0.2) is 0 Å². The van der Waals surface area contributed by atoms with Crippen LogP contribution in [0.25, 0.3) is 0 Å². The predicted octanol–water partition coefficient (Wildman–Crippen LogP) is 2.75. The molecule has 4 heteroatoms. The smallest absolute Gasteiger partial charge is 0.248 e. The summed E-state index contributed by atoms with van der Waals surface area (Å²) < 4.78 is 0. The van der Waals surface area contributed by atoms with Gasteiger partial charge in [-0.1, -0.05) is 26.2 Å². The second-order valence-electron chi connectivity index (χ2n) is 5.37. The fourth-order valence-electron chi connectivity index (χ4n) is 2.93. The first-order valence-corrected chi connectivity index (χ1v) is 7.07. The summed E-state index contributed by atoms with van der Waals surface area (Å²) in [6.07, 6.45) is 6.26. The van der Waals surface area contributed by atoms with Gasteiger partial charge in [-0.2, -0.15) is 0 Å². The fraction of sp³-hybridized carbons (Fsp3) is 0.533. The number of rotatable bonds is 4. The van der Waals surface area contributed by atoms with Crippen molar-refractivity contribution in [1.82, 2.24) is 0 Å². The molecule has 1 aliphatic rings. The van der Waals surface area contributed by atoms with E-state index in [1.54, 1.807) is 12.1 Å². The minimum Gasteiger partial charge on any atom is -0.397 e. The van der Waals surface area contributed by atoms with Crippen LogP contribution in [0.2, 0.25) is 0 Å². The van der Waals surface area contributed by atoms with Gasteiger partial charge in [-0.3, -0.25) is 4.79 Å². The summed E-state index contributed by atoms with van der Waals surface area (Å²) in [6.45, 7) is 2.24. The molecule has 0 radical (unpaired) electrons. The van der Waals surface area contributed by atoms with Crippen LogP contribution < -0.4 is 16.8 Å². The van der Waals surface area contributed by atoms with Crippen LogP contribution in [-0.4, -0.2) is 11.9 Å². The van der Waals surface area contributed by atoms with E-state index in [1.165, 1.54) is 32.1 Å². The molecule has 1 amide bonds. The highest BCUT2D eigenvalue weighted by Crippen LogP contribution is 2.31. The molecule has 104 valence electrons. The average molecular weight is 261 g/mol. The van der Waals surface area contributed by atoms with Crippen molar-refractivity contribution in [2.45, 2.75) is 45.1 Å². The molecule has 0 spiro atoms. The van der Waals surface area contributed by atoms with Gasteiger partial charge < -0.3 is 16.8 Å². The lowest BCUT2D eigenvalue weighted by atomic mass is 9.82. The van der Waals surface area contributed by atoms with Crippen molar-refractivity contribution in [2.75, 3.05) is 11.1 Å². The minimum atomic E-state index is -0.442. The van der Waals surface area contributed by atoms with E-state index in [0.717, 1.165) is 5.69 Å². The van der Waals surface area contributed by atoms with Crippen molar-refractivity contribution in [3.05, 3.63) is 23.8 Å². The van der Waals surface area contributed by atoms with Gasteiger partial charge in [-0.05, 0) is 37.0 Å². The second kappa shape index (κ2) is 5.95. The van der Waals surface area contributed by atoms with Crippen molar-refractivity contribution in [1.29, 1.82) is 0 Å². The van der Waals surface area contributed by atoms with E-state index >= 15 is 0 Å². The van der Waals surface area contributed by atoms with E-state index in [0.29, 0.717) is 23.2 Å². The molecule has 0 aliphatic heterocycles. The number of benzene rings is 1. The zero-order valence-electron chi connectivity index (χ0n) is 11.5. The molecule has 2 atom stereocenters. The number of nitrogen functional groups attached to an aromatic ring is 1. The Morgan fingerprint density at radius 1 is 1.37 bits per heavy atom.